The number of nitrogens with zero attached hydrogens (tertiary/aromatic N) is 4. The van der Waals surface area contributed by atoms with Crippen molar-refractivity contribution in [3.8, 4) is 21.6 Å². The maximum Gasteiger partial charge on any atom is 0.407 e. The van der Waals surface area contributed by atoms with Crippen LogP contribution in [0.5, 0.6) is 0 Å². The summed E-state index contributed by atoms with van der Waals surface area (Å²) >= 11 is 1.34. The molecule has 3 aromatic heterocycles. The van der Waals surface area contributed by atoms with Gasteiger partial charge in [-0.3, -0.25) is 4.79 Å². The van der Waals surface area contributed by atoms with Crippen molar-refractivity contribution in [3.05, 3.63) is 77.1 Å². The molecule has 10 heteroatoms. The molecule has 0 aliphatic carbocycles. The number of amides is 2. The number of piperidine rings is 1. The maximum atomic E-state index is 14.6. The smallest absolute Gasteiger partial charge is 0.407 e. The molecule has 0 saturated carbocycles. The molecule has 1 aromatic carbocycles. The quantitative estimate of drug-likeness (QED) is 0.295. The van der Waals surface area contributed by atoms with Crippen molar-refractivity contribution in [2.75, 3.05) is 13.1 Å². The molecule has 1 fully saturated rings. The lowest BCUT2D eigenvalue weighted by Crippen LogP contribution is -2.50. The first-order chi connectivity index (χ1) is 18.6. The van der Waals surface area contributed by atoms with Gasteiger partial charge < -0.3 is 19.4 Å². The van der Waals surface area contributed by atoms with E-state index < -0.39 is 17.5 Å². The standard InChI is InChI=1S/C29H28FN5O3S/c1-29(2,3)38-28(37)33-20-6-5-12-35(17-20)27(36)24-15-21(18-7-9-23(31-4)22(30)14-18)26(39-24)19-8-10-25-32-11-13-34(25)16-19/h7-11,13-16,20H,5-6,12,17H2,1-3H3,(H,33,37)/t20-/m1/s1. The van der Waals surface area contributed by atoms with Crippen LogP contribution >= 0.6 is 11.3 Å². The number of benzene rings is 1. The molecule has 1 aliphatic heterocycles. The molecular weight excluding hydrogens is 517 g/mol. The summed E-state index contributed by atoms with van der Waals surface area (Å²) in [5, 5.41) is 2.89. The number of fused-ring (bicyclic) bond motifs is 1. The van der Waals surface area contributed by atoms with Crippen molar-refractivity contribution in [1.29, 1.82) is 0 Å². The minimum atomic E-state index is -0.607. The average molecular weight is 546 g/mol. The molecule has 2 amide bonds. The van der Waals surface area contributed by atoms with Gasteiger partial charge in [0.2, 0.25) is 5.69 Å². The number of carbonyl (C=O) groups is 2. The second-order valence-electron chi connectivity index (χ2n) is 10.5. The number of pyridine rings is 1. The fourth-order valence-corrected chi connectivity index (χ4v) is 5.79. The van der Waals surface area contributed by atoms with Crippen LogP contribution in [0.3, 0.4) is 0 Å². The van der Waals surface area contributed by atoms with Gasteiger partial charge in [-0.25, -0.2) is 19.0 Å². The Morgan fingerprint density at radius 2 is 2.00 bits per heavy atom. The summed E-state index contributed by atoms with van der Waals surface area (Å²) in [5.41, 5.74) is 2.28. The highest BCUT2D eigenvalue weighted by molar-refractivity contribution is 7.18. The number of rotatable bonds is 4. The third-order valence-electron chi connectivity index (χ3n) is 6.40. The summed E-state index contributed by atoms with van der Waals surface area (Å²) < 4.78 is 21.9. The summed E-state index contributed by atoms with van der Waals surface area (Å²) in [5.74, 6) is -0.755. The Morgan fingerprint density at radius 1 is 1.21 bits per heavy atom. The van der Waals surface area contributed by atoms with Crippen LogP contribution < -0.4 is 5.32 Å². The summed E-state index contributed by atoms with van der Waals surface area (Å²) in [4.78, 5) is 36.6. The number of halogens is 1. The van der Waals surface area contributed by atoms with Gasteiger partial charge in [0, 0.05) is 53.7 Å². The van der Waals surface area contributed by atoms with E-state index in [1.54, 1.807) is 44.0 Å². The molecule has 0 unspecified atom stereocenters. The number of imidazole rings is 1. The van der Waals surface area contributed by atoms with Crippen LogP contribution in [-0.2, 0) is 4.74 Å². The SMILES string of the molecule is [C-]#[N+]c1ccc(-c2cc(C(=O)N3CCC[C@@H](NC(=O)OC(C)(C)C)C3)sc2-c2ccc3nccn3c2)cc1F. The van der Waals surface area contributed by atoms with E-state index in [4.69, 9.17) is 11.3 Å². The number of thiophene rings is 1. The van der Waals surface area contributed by atoms with Crippen molar-refractivity contribution in [2.24, 2.45) is 0 Å². The molecule has 1 saturated heterocycles. The third kappa shape index (κ3) is 5.78. The number of alkyl carbamates (subject to hydrolysis) is 1. The molecular formula is C29H28FN5O3S. The van der Waals surface area contributed by atoms with Gasteiger partial charge in [0.1, 0.15) is 17.1 Å². The zero-order chi connectivity index (χ0) is 27.7. The predicted octanol–water partition coefficient (Wildman–Crippen LogP) is 6.55. The molecule has 4 heterocycles. The Labute approximate surface area is 229 Å². The first kappa shape index (κ1) is 26.4. The number of ether oxygens (including phenoxy) is 1. The van der Waals surface area contributed by atoms with Gasteiger partial charge in [-0.15, -0.1) is 11.3 Å². The number of hydrogen-bond acceptors (Lipinski definition) is 5. The van der Waals surface area contributed by atoms with Crippen LogP contribution in [0.25, 0.3) is 32.1 Å². The molecule has 0 radical (unpaired) electrons. The zero-order valence-electron chi connectivity index (χ0n) is 21.9. The molecule has 1 atom stereocenters. The topological polar surface area (TPSA) is 80.3 Å². The number of carbonyl (C=O) groups excluding carboxylic acids is 2. The van der Waals surface area contributed by atoms with E-state index in [0.717, 1.165) is 28.9 Å². The number of aromatic nitrogens is 2. The highest BCUT2D eigenvalue weighted by atomic mass is 32.1. The summed E-state index contributed by atoms with van der Waals surface area (Å²) in [7, 11) is 0. The minimum Gasteiger partial charge on any atom is -0.444 e. The van der Waals surface area contributed by atoms with Gasteiger partial charge in [0.15, 0.2) is 0 Å². The Bertz CT molecular complexity index is 1600. The lowest BCUT2D eigenvalue weighted by atomic mass is 10.0. The molecule has 1 aliphatic rings. The van der Waals surface area contributed by atoms with Gasteiger partial charge in [-0.1, -0.05) is 12.1 Å². The molecule has 0 bridgehead atoms. The van der Waals surface area contributed by atoms with Gasteiger partial charge in [-0.2, -0.15) is 0 Å². The minimum absolute atomic E-state index is 0.0523. The van der Waals surface area contributed by atoms with E-state index in [0.29, 0.717) is 29.1 Å². The summed E-state index contributed by atoms with van der Waals surface area (Å²) in [6.45, 7) is 13.5. The van der Waals surface area contributed by atoms with Crippen molar-refractivity contribution in [2.45, 2.75) is 45.3 Å². The van der Waals surface area contributed by atoms with E-state index in [9.17, 15) is 14.0 Å². The van der Waals surface area contributed by atoms with Crippen LogP contribution in [0, 0.1) is 12.4 Å². The zero-order valence-corrected chi connectivity index (χ0v) is 22.7. The molecule has 1 N–H and O–H groups in total. The highest BCUT2D eigenvalue weighted by Crippen LogP contribution is 2.41. The van der Waals surface area contributed by atoms with Crippen LogP contribution in [0.15, 0.2) is 55.0 Å². The highest BCUT2D eigenvalue weighted by Gasteiger charge is 2.29. The van der Waals surface area contributed by atoms with Crippen LogP contribution in [0.4, 0.5) is 14.9 Å². The monoisotopic (exact) mass is 545 g/mol. The summed E-state index contributed by atoms with van der Waals surface area (Å²) in [6, 6.07) is 9.89. The number of likely N-dealkylation sites (tertiary alicyclic amines) is 1. The van der Waals surface area contributed by atoms with Gasteiger partial charge in [0.05, 0.1) is 11.4 Å². The second-order valence-corrected chi connectivity index (χ2v) is 11.5. The number of hydrogen-bond donors (Lipinski definition) is 1. The number of nitrogens with one attached hydrogen (secondary N) is 1. The molecule has 4 aromatic rings. The van der Waals surface area contributed by atoms with E-state index in [2.05, 4.69) is 15.1 Å². The fourth-order valence-electron chi connectivity index (χ4n) is 4.65. The molecule has 8 nitrogen and oxygen atoms in total. The van der Waals surface area contributed by atoms with Crippen molar-refractivity contribution < 1.29 is 18.7 Å². The lowest BCUT2D eigenvalue weighted by Gasteiger charge is -2.33. The molecule has 39 heavy (non-hydrogen) atoms. The third-order valence-corrected chi connectivity index (χ3v) is 7.57. The second kappa shape index (κ2) is 10.5. The summed E-state index contributed by atoms with van der Waals surface area (Å²) in [6.07, 6.45) is 6.48. The lowest BCUT2D eigenvalue weighted by molar-refractivity contribution is 0.0453. The van der Waals surface area contributed by atoms with E-state index in [1.807, 2.05) is 28.9 Å². The van der Waals surface area contributed by atoms with E-state index >= 15 is 0 Å². The Kier molecular flexibility index (Phi) is 7.10. The van der Waals surface area contributed by atoms with Gasteiger partial charge >= 0.3 is 6.09 Å². The normalized spacial score (nSPS) is 15.7. The molecule has 200 valence electrons. The Morgan fingerprint density at radius 3 is 2.74 bits per heavy atom. The fraction of sp³-hybridized carbons (Fsp3) is 0.310. The Balaban J connectivity index is 1.46. The molecule has 5 rings (SSSR count). The van der Waals surface area contributed by atoms with Crippen LogP contribution in [0.2, 0.25) is 0 Å². The largest absolute Gasteiger partial charge is 0.444 e. The van der Waals surface area contributed by atoms with Gasteiger partial charge in [-0.05, 0) is 63.4 Å². The Hall–Kier alpha value is -4.23. The van der Waals surface area contributed by atoms with E-state index in [1.165, 1.54) is 23.5 Å². The van der Waals surface area contributed by atoms with Crippen LogP contribution in [0.1, 0.15) is 43.3 Å². The predicted molar refractivity (Wildman–Crippen MR) is 148 cm³/mol. The average Bonchev–Trinajstić information content (AvgIpc) is 3.54. The van der Waals surface area contributed by atoms with E-state index in [-0.39, 0.29) is 17.6 Å². The molecule has 0 spiro atoms. The van der Waals surface area contributed by atoms with Crippen LogP contribution in [-0.4, -0.2) is 51.0 Å². The maximum absolute atomic E-state index is 14.6. The van der Waals surface area contributed by atoms with Crippen molar-refractivity contribution >= 4 is 34.7 Å². The van der Waals surface area contributed by atoms with Crippen molar-refractivity contribution in [1.82, 2.24) is 19.6 Å². The first-order valence-corrected chi connectivity index (χ1v) is 13.5. The van der Waals surface area contributed by atoms with Gasteiger partial charge in [0.25, 0.3) is 5.91 Å². The first-order valence-electron chi connectivity index (χ1n) is 12.6. The van der Waals surface area contributed by atoms with Crippen molar-refractivity contribution in [3.63, 3.8) is 0 Å².